The van der Waals surface area contributed by atoms with Crippen molar-refractivity contribution < 1.29 is 4.39 Å². The Labute approximate surface area is 79.0 Å². The maximum atomic E-state index is 12.6. The fraction of sp³-hybridized carbons (Fsp3) is 0.222. The smallest absolute Gasteiger partial charge is 0.124 e. The van der Waals surface area contributed by atoms with Crippen molar-refractivity contribution in [2.75, 3.05) is 0 Å². The molecular formula is C9H7BrFN. The Hall–Kier alpha value is -0.880. The Kier molecular flexibility index (Phi) is 3.24. The molecule has 62 valence electrons. The van der Waals surface area contributed by atoms with Crippen LogP contribution in [0.25, 0.3) is 0 Å². The first-order chi connectivity index (χ1) is 5.74. The minimum absolute atomic E-state index is 0.261. The maximum Gasteiger partial charge on any atom is 0.124 e. The van der Waals surface area contributed by atoms with Crippen molar-refractivity contribution in [2.24, 2.45) is 0 Å². The van der Waals surface area contributed by atoms with Crippen molar-refractivity contribution >= 4 is 15.9 Å². The van der Waals surface area contributed by atoms with Crippen molar-refractivity contribution in [3.8, 4) is 6.07 Å². The van der Waals surface area contributed by atoms with Crippen molar-refractivity contribution in [3.63, 3.8) is 0 Å². The highest BCUT2D eigenvalue weighted by molar-refractivity contribution is 9.10. The molecule has 0 bridgehead atoms. The first-order valence-electron chi connectivity index (χ1n) is 3.55. The highest BCUT2D eigenvalue weighted by Gasteiger charge is 2.00. The first kappa shape index (κ1) is 9.21. The molecule has 0 N–H and O–H groups in total. The number of aryl methyl sites for hydroxylation is 1. The van der Waals surface area contributed by atoms with Gasteiger partial charge < -0.3 is 0 Å². The Morgan fingerprint density at radius 2 is 2.25 bits per heavy atom. The first-order valence-corrected chi connectivity index (χ1v) is 4.34. The number of nitrogens with zero attached hydrogens (tertiary/aromatic N) is 1. The Morgan fingerprint density at radius 3 is 2.83 bits per heavy atom. The molecule has 0 radical (unpaired) electrons. The fourth-order valence-corrected chi connectivity index (χ4v) is 1.46. The van der Waals surface area contributed by atoms with Crippen LogP contribution < -0.4 is 0 Å². The van der Waals surface area contributed by atoms with Crippen LogP contribution in [0.4, 0.5) is 4.39 Å². The van der Waals surface area contributed by atoms with Gasteiger partial charge in [0, 0.05) is 10.9 Å². The van der Waals surface area contributed by atoms with E-state index in [1.807, 2.05) is 6.07 Å². The van der Waals surface area contributed by atoms with Gasteiger partial charge in [-0.1, -0.05) is 22.0 Å². The van der Waals surface area contributed by atoms with Gasteiger partial charge in [0.05, 0.1) is 6.07 Å². The van der Waals surface area contributed by atoms with E-state index in [-0.39, 0.29) is 5.82 Å². The van der Waals surface area contributed by atoms with Gasteiger partial charge in [-0.2, -0.15) is 5.26 Å². The van der Waals surface area contributed by atoms with E-state index in [1.165, 1.54) is 12.1 Å². The van der Waals surface area contributed by atoms with Crippen LogP contribution in [0.2, 0.25) is 0 Å². The van der Waals surface area contributed by atoms with E-state index in [2.05, 4.69) is 15.9 Å². The predicted octanol–water partition coefficient (Wildman–Crippen LogP) is 3.04. The van der Waals surface area contributed by atoms with E-state index in [0.717, 1.165) is 10.0 Å². The number of nitriles is 1. The van der Waals surface area contributed by atoms with Crippen LogP contribution in [0.3, 0.4) is 0 Å². The Bertz CT molecular complexity index is 317. The molecule has 12 heavy (non-hydrogen) atoms. The number of hydrogen-bond donors (Lipinski definition) is 0. The molecule has 1 aromatic rings. The molecule has 0 saturated heterocycles. The van der Waals surface area contributed by atoms with Crippen molar-refractivity contribution in [2.45, 2.75) is 12.8 Å². The minimum Gasteiger partial charge on any atom is -0.207 e. The van der Waals surface area contributed by atoms with Crippen LogP contribution in [-0.4, -0.2) is 0 Å². The summed E-state index contributed by atoms with van der Waals surface area (Å²) in [6.45, 7) is 0. The fourth-order valence-electron chi connectivity index (χ4n) is 0.915. The molecule has 0 heterocycles. The molecule has 0 aliphatic rings. The van der Waals surface area contributed by atoms with Gasteiger partial charge in [-0.05, 0) is 24.1 Å². The highest BCUT2D eigenvalue weighted by Crippen LogP contribution is 2.18. The monoisotopic (exact) mass is 227 g/mol. The summed E-state index contributed by atoms with van der Waals surface area (Å²) in [5, 5.41) is 8.33. The third-order valence-corrected chi connectivity index (χ3v) is 2.26. The molecule has 0 unspecified atom stereocenters. The number of halogens is 2. The summed E-state index contributed by atoms with van der Waals surface area (Å²) in [4.78, 5) is 0. The SMILES string of the molecule is N#CCCc1ccc(F)cc1Br. The lowest BCUT2D eigenvalue weighted by Gasteiger charge is -2.00. The molecule has 0 amide bonds. The van der Waals surface area contributed by atoms with Crippen LogP contribution in [0.5, 0.6) is 0 Å². The van der Waals surface area contributed by atoms with Crippen molar-refractivity contribution in [1.29, 1.82) is 5.26 Å². The summed E-state index contributed by atoms with van der Waals surface area (Å²) < 4.78 is 13.3. The van der Waals surface area contributed by atoms with Gasteiger partial charge in [-0.3, -0.25) is 0 Å². The van der Waals surface area contributed by atoms with Crippen LogP contribution in [0.1, 0.15) is 12.0 Å². The van der Waals surface area contributed by atoms with E-state index < -0.39 is 0 Å². The van der Waals surface area contributed by atoms with Crippen molar-refractivity contribution in [1.82, 2.24) is 0 Å². The Morgan fingerprint density at radius 1 is 1.50 bits per heavy atom. The van der Waals surface area contributed by atoms with Crippen molar-refractivity contribution in [3.05, 3.63) is 34.1 Å². The van der Waals surface area contributed by atoms with Gasteiger partial charge in [-0.15, -0.1) is 0 Å². The molecular weight excluding hydrogens is 221 g/mol. The molecule has 0 aliphatic heterocycles. The lowest BCUT2D eigenvalue weighted by Crippen LogP contribution is -1.86. The zero-order chi connectivity index (χ0) is 8.97. The van der Waals surface area contributed by atoms with Gasteiger partial charge in [0.25, 0.3) is 0 Å². The lowest BCUT2D eigenvalue weighted by atomic mass is 10.1. The zero-order valence-electron chi connectivity index (χ0n) is 6.35. The molecule has 1 rings (SSSR count). The lowest BCUT2D eigenvalue weighted by molar-refractivity contribution is 0.626. The number of rotatable bonds is 2. The average Bonchev–Trinajstić information content (AvgIpc) is 2.03. The van der Waals surface area contributed by atoms with Gasteiger partial charge in [-0.25, -0.2) is 4.39 Å². The van der Waals surface area contributed by atoms with E-state index in [9.17, 15) is 4.39 Å². The maximum absolute atomic E-state index is 12.6. The molecule has 0 saturated carbocycles. The van der Waals surface area contributed by atoms with Crippen LogP contribution >= 0.6 is 15.9 Å². The topological polar surface area (TPSA) is 23.8 Å². The molecule has 0 spiro atoms. The quantitative estimate of drug-likeness (QED) is 0.763. The largest absolute Gasteiger partial charge is 0.207 e. The van der Waals surface area contributed by atoms with Gasteiger partial charge >= 0.3 is 0 Å². The predicted molar refractivity (Wildman–Crippen MR) is 48.0 cm³/mol. The van der Waals surface area contributed by atoms with Gasteiger partial charge in [0.2, 0.25) is 0 Å². The second-order valence-corrected chi connectivity index (χ2v) is 3.25. The van der Waals surface area contributed by atoms with Crippen LogP contribution in [0, 0.1) is 17.1 Å². The Balaban J connectivity index is 2.81. The molecule has 1 nitrogen and oxygen atoms in total. The number of hydrogen-bond acceptors (Lipinski definition) is 1. The van der Waals surface area contributed by atoms with E-state index in [0.29, 0.717) is 12.8 Å². The molecule has 0 atom stereocenters. The third-order valence-electron chi connectivity index (χ3n) is 1.52. The molecule has 0 aromatic heterocycles. The minimum atomic E-state index is -0.261. The molecule has 3 heteroatoms. The van der Waals surface area contributed by atoms with Crippen LogP contribution in [0.15, 0.2) is 22.7 Å². The molecule has 0 aliphatic carbocycles. The summed E-state index contributed by atoms with van der Waals surface area (Å²) in [7, 11) is 0. The average molecular weight is 228 g/mol. The highest BCUT2D eigenvalue weighted by atomic mass is 79.9. The summed E-state index contributed by atoms with van der Waals surface area (Å²) in [5.41, 5.74) is 0.970. The summed E-state index contributed by atoms with van der Waals surface area (Å²) in [5.74, 6) is -0.261. The summed E-state index contributed by atoms with van der Waals surface area (Å²) in [6, 6.07) is 6.54. The normalized spacial score (nSPS) is 9.42. The van der Waals surface area contributed by atoms with E-state index in [1.54, 1.807) is 6.07 Å². The summed E-state index contributed by atoms with van der Waals surface area (Å²) in [6.07, 6.45) is 1.13. The molecule has 0 fully saturated rings. The van der Waals surface area contributed by atoms with E-state index >= 15 is 0 Å². The zero-order valence-corrected chi connectivity index (χ0v) is 7.94. The third kappa shape index (κ3) is 2.31. The number of benzene rings is 1. The second kappa shape index (κ2) is 4.22. The molecule has 1 aromatic carbocycles. The standard InChI is InChI=1S/C9H7BrFN/c10-9-6-8(11)4-3-7(9)2-1-5-12/h3-4,6H,1-2H2. The van der Waals surface area contributed by atoms with E-state index in [4.69, 9.17) is 5.26 Å². The second-order valence-electron chi connectivity index (χ2n) is 2.39. The van der Waals surface area contributed by atoms with Crippen LogP contribution in [-0.2, 0) is 6.42 Å². The van der Waals surface area contributed by atoms with Gasteiger partial charge in [0.1, 0.15) is 5.82 Å². The van der Waals surface area contributed by atoms with Gasteiger partial charge in [0.15, 0.2) is 0 Å². The summed E-state index contributed by atoms with van der Waals surface area (Å²) >= 11 is 3.23.